The summed E-state index contributed by atoms with van der Waals surface area (Å²) < 4.78 is 2.12. The number of phenols is 1. The van der Waals surface area contributed by atoms with Gasteiger partial charge < -0.3 is 10.4 Å². The minimum absolute atomic E-state index is 0.145. The average molecular weight is 405 g/mol. The molecule has 2 nitrogen and oxygen atoms in total. The Morgan fingerprint density at radius 2 is 2.11 bits per heavy atom. The van der Waals surface area contributed by atoms with E-state index >= 15 is 0 Å². The van der Waals surface area contributed by atoms with Crippen molar-refractivity contribution in [3.8, 4) is 5.75 Å². The first-order valence-corrected chi connectivity index (χ1v) is 8.52. The number of halogens is 2. The quantitative estimate of drug-likeness (QED) is 0.715. The molecule has 1 atom stereocenters. The summed E-state index contributed by atoms with van der Waals surface area (Å²) in [6.45, 7) is 2.91. The van der Waals surface area contributed by atoms with Crippen LogP contribution in [0.3, 0.4) is 0 Å². The van der Waals surface area contributed by atoms with Gasteiger partial charge in [-0.05, 0) is 52.0 Å². The molecule has 19 heavy (non-hydrogen) atoms. The van der Waals surface area contributed by atoms with Crippen molar-refractivity contribution in [2.75, 3.05) is 0 Å². The number of rotatable bonds is 5. The molecule has 1 unspecified atom stereocenters. The van der Waals surface area contributed by atoms with Gasteiger partial charge in [-0.25, -0.2) is 0 Å². The number of thiophene rings is 1. The van der Waals surface area contributed by atoms with Gasteiger partial charge in [0, 0.05) is 32.0 Å². The molecular weight excluding hydrogens is 390 g/mol. The molecule has 1 aromatic carbocycles. The van der Waals surface area contributed by atoms with Crippen molar-refractivity contribution in [3.05, 3.63) is 49.0 Å². The standard InChI is InChI=1S/C14H15Br2NOS/c1-2-12(10-7-9(15)3-4-13(10)18)17-8-14-11(16)5-6-19-14/h3-7,12,17-18H,2,8H2,1H3. The molecule has 0 aliphatic carbocycles. The van der Waals surface area contributed by atoms with Crippen LogP contribution in [-0.2, 0) is 6.54 Å². The van der Waals surface area contributed by atoms with E-state index in [0.29, 0.717) is 5.75 Å². The fraction of sp³-hybridized carbons (Fsp3) is 0.286. The summed E-state index contributed by atoms with van der Waals surface area (Å²) in [5.74, 6) is 0.341. The average Bonchev–Trinajstić information content (AvgIpc) is 2.80. The molecule has 5 heteroatoms. The minimum Gasteiger partial charge on any atom is -0.508 e. The van der Waals surface area contributed by atoms with Gasteiger partial charge in [0.05, 0.1) is 0 Å². The Hall–Kier alpha value is -0.360. The lowest BCUT2D eigenvalue weighted by molar-refractivity contribution is 0.441. The molecule has 0 aliphatic heterocycles. The van der Waals surface area contributed by atoms with Crippen LogP contribution in [-0.4, -0.2) is 5.11 Å². The molecule has 0 amide bonds. The van der Waals surface area contributed by atoms with Crippen molar-refractivity contribution in [3.63, 3.8) is 0 Å². The van der Waals surface area contributed by atoms with Crippen molar-refractivity contribution >= 4 is 43.2 Å². The van der Waals surface area contributed by atoms with Crippen molar-refractivity contribution < 1.29 is 5.11 Å². The zero-order chi connectivity index (χ0) is 13.8. The number of aromatic hydroxyl groups is 1. The third kappa shape index (κ3) is 3.81. The van der Waals surface area contributed by atoms with Crippen molar-refractivity contribution in [2.45, 2.75) is 25.9 Å². The van der Waals surface area contributed by atoms with Crippen molar-refractivity contribution in [1.29, 1.82) is 0 Å². The number of phenolic OH excluding ortho intramolecular Hbond substituents is 1. The Morgan fingerprint density at radius 3 is 2.74 bits per heavy atom. The highest BCUT2D eigenvalue weighted by molar-refractivity contribution is 9.10. The molecule has 2 N–H and O–H groups in total. The summed E-state index contributed by atoms with van der Waals surface area (Å²) in [7, 11) is 0. The van der Waals surface area contributed by atoms with Gasteiger partial charge in [0.2, 0.25) is 0 Å². The van der Waals surface area contributed by atoms with Gasteiger partial charge in [-0.15, -0.1) is 11.3 Å². The van der Waals surface area contributed by atoms with E-state index in [4.69, 9.17) is 0 Å². The predicted molar refractivity (Wildman–Crippen MR) is 87.7 cm³/mol. The molecule has 0 bridgehead atoms. The Kier molecular flexibility index (Phi) is 5.45. The second-order valence-corrected chi connectivity index (χ2v) is 7.01. The maximum absolute atomic E-state index is 9.98. The second-order valence-electron chi connectivity index (χ2n) is 4.24. The summed E-state index contributed by atoms with van der Waals surface area (Å²) in [6.07, 6.45) is 0.924. The first-order chi connectivity index (χ1) is 9.11. The predicted octanol–water partition coefficient (Wildman–Crippen LogP) is 5.22. The SMILES string of the molecule is CCC(NCc1sccc1Br)c1cc(Br)ccc1O. The smallest absolute Gasteiger partial charge is 0.120 e. The molecule has 102 valence electrons. The van der Waals surface area contributed by atoms with Crippen molar-refractivity contribution in [2.24, 2.45) is 0 Å². The van der Waals surface area contributed by atoms with Crippen LogP contribution in [0.5, 0.6) is 5.75 Å². The molecule has 2 aromatic rings. The minimum atomic E-state index is 0.145. The maximum Gasteiger partial charge on any atom is 0.120 e. The van der Waals surface area contributed by atoms with E-state index in [1.165, 1.54) is 4.88 Å². The van der Waals surface area contributed by atoms with Crippen LogP contribution in [0.25, 0.3) is 0 Å². The van der Waals surface area contributed by atoms with E-state index in [2.05, 4.69) is 55.5 Å². The summed E-state index contributed by atoms with van der Waals surface area (Å²) >= 11 is 8.71. The second kappa shape index (κ2) is 6.88. The number of hydrogen-bond acceptors (Lipinski definition) is 3. The number of nitrogens with one attached hydrogen (secondary N) is 1. The highest BCUT2D eigenvalue weighted by Crippen LogP contribution is 2.30. The topological polar surface area (TPSA) is 32.3 Å². The lowest BCUT2D eigenvalue weighted by Crippen LogP contribution is -2.20. The van der Waals surface area contributed by atoms with Crippen LogP contribution in [0.2, 0.25) is 0 Å². The fourth-order valence-electron chi connectivity index (χ4n) is 1.95. The van der Waals surface area contributed by atoms with Gasteiger partial charge in [0.25, 0.3) is 0 Å². The van der Waals surface area contributed by atoms with E-state index in [1.807, 2.05) is 12.1 Å². The van der Waals surface area contributed by atoms with Gasteiger partial charge in [-0.3, -0.25) is 0 Å². The summed E-state index contributed by atoms with van der Waals surface area (Å²) in [4.78, 5) is 1.27. The number of hydrogen-bond donors (Lipinski definition) is 2. The molecule has 1 aromatic heterocycles. The Labute approximate surface area is 134 Å². The van der Waals surface area contributed by atoms with E-state index in [0.717, 1.165) is 27.5 Å². The summed E-state index contributed by atoms with van der Waals surface area (Å²) in [5.41, 5.74) is 0.935. The fourth-order valence-corrected chi connectivity index (χ4v) is 3.77. The van der Waals surface area contributed by atoms with E-state index in [-0.39, 0.29) is 6.04 Å². The Morgan fingerprint density at radius 1 is 1.32 bits per heavy atom. The van der Waals surface area contributed by atoms with E-state index in [9.17, 15) is 5.11 Å². The lowest BCUT2D eigenvalue weighted by atomic mass is 10.0. The normalized spacial score (nSPS) is 12.6. The van der Waals surface area contributed by atoms with Gasteiger partial charge >= 0.3 is 0 Å². The first kappa shape index (κ1) is 15.0. The molecule has 0 spiro atoms. The molecule has 0 radical (unpaired) electrons. The van der Waals surface area contributed by atoms with Crippen molar-refractivity contribution in [1.82, 2.24) is 5.32 Å². The van der Waals surface area contributed by atoms with Crippen LogP contribution in [0, 0.1) is 0 Å². The van der Waals surface area contributed by atoms with Crippen LogP contribution in [0.1, 0.15) is 29.8 Å². The van der Waals surface area contributed by atoms with Crippen LogP contribution >= 0.6 is 43.2 Å². The molecule has 0 saturated carbocycles. The molecule has 2 rings (SSSR count). The summed E-state index contributed by atoms with van der Waals surface area (Å²) in [6, 6.07) is 7.75. The number of benzene rings is 1. The zero-order valence-electron chi connectivity index (χ0n) is 10.5. The van der Waals surface area contributed by atoms with E-state index < -0.39 is 0 Å². The van der Waals surface area contributed by atoms with Gasteiger partial charge in [-0.2, -0.15) is 0 Å². The van der Waals surface area contributed by atoms with Gasteiger partial charge in [0.1, 0.15) is 5.75 Å². The molecule has 1 heterocycles. The highest BCUT2D eigenvalue weighted by atomic mass is 79.9. The maximum atomic E-state index is 9.98. The van der Waals surface area contributed by atoms with E-state index in [1.54, 1.807) is 17.4 Å². The van der Waals surface area contributed by atoms with Gasteiger partial charge in [-0.1, -0.05) is 22.9 Å². The Balaban J connectivity index is 2.12. The Bertz CT molecular complexity index is 556. The molecule has 0 fully saturated rings. The third-order valence-corrected chi connectivity index (χ3v) is 5.39. The van der Waals surface area contributed by atoms with Gasteiger partial charge in [0.15, 0.2) is 0 Å². The van der Waals surface area contributed by atoms with Crippen LogP contribution in [0.15, 0.2) is 38.6 Å². The largest absolute Gasteiger partial charge is 0.508 e. The van der Waals surface area contributed by atoms with Crippen LogP contribution in [0.4, 0.5) is 0 Å². The molecule has 0 aliphatic rings. The lowest BCUT2D eigenvalue weighted by Gasteiger charge is -2.18. The highest BCUT2D eigenvalue weighted by Gasteiger charge is 2.14. The summed E-state index contributed by atoms with van der Waals surface area (Å²) in [5, 5.41) is 15.5. The van der Waals surface area contributed by atoms with Crippen LogP contribution < -0.4 is 5.32 Å². The zero-order valence-corrected chi connectivity index (χ0v) is 14.5. The molecular formula is C14H15Br2NOS. The third-order valence-electron chi connectivity index (χ3n) is 2.97. The first-order valence-electron chi connectivity index (χ1n) is 6.05. The molecule has 0 saturated heterocycles. The monoisotopic (exact) mass is 403 g/mol.